The molecule has 2 aromatic heterocycles. The standard InChI is InChI=1S/C14H9N3O/c1-8-11-6-9(7-15)14(18)17-13(11)10-4-2-3-5-12(10)16-8/h2-6H,1H3,(H,17,18). The summed E-state index contributed by atoms with van der Waals surface area (Å²) in [6, 6.07) is 11.1. The van der Waals surface area contributed by atoms with Crippen molar-refractivity contribution in [1.29, 1.82) is 5.26 Å². The van der Waals surface area contributed by atoms with Gasteiger partial charge in [0.05, 0.1) is 11.0 Å². The number of benzene rings is 1. The highest BCUT2D eigenvalue weighted by Gasteiger charge is 2.08. The predicted molar refractivity (Wildman–Crippen MR) is 69.3 cm³/mol. The number of hydrogen-bond donors (Lipinski definition) is 1. The normalized spacial score (nSPS) is 10.7. The zero-order valence-electron chi connectivity index (χ0n) is 9.69. The summed E-state index contributed by atoms with van der Waals surface area (Å²) in [6.45, 7) is 1.87. The highest BCUT2D eigenvalue weighted by molar-refractivity contribution is 6.04. The quantitative estimate of drug-likeness (QED) is 0.607. The molecule has 3 aromatic rings. The lowest BCUT2D eigenvalue weighted by atomic mass is 10.1. The van der Waals surface area contributed by atoms with Crippen molar-refractivity contribution in [2.24, 2.45) is 0 Å². The second-order valence-electron chi connectivity index (χ2n) is 4.13. The number of aromatic nitrogens is 2. The number of para-hydroxylation sites is 1. The van der Waals surface area contributed by atoms with Crippen molar-refractivity contribution >= 4 is 21.8 Å². The minimum atomic E-state index is -0.360. The molecule has 0 saturated heterocycles. The zero-order valence-corrected chi connectivity index (χ0v) is 9.69. The van der Waals surface area contributed by atoms with Crippen LogP contribution in [0.4, 0.5) is 0 Å². The number of nitrogens with zero attached hydrogens (tertiary/aromatic N) is 2. The molecule has 2 heterocycles. The monoisotopic (exact) mass is 235 g/mol. The van der Waals surface area contributed by atoms with Gasteiger partial charge in [0.15, 0.2) is 0 Å². The first-order valence-corrected chi connectivity index (χ1v) is 5.53. The SMILES string of the molecule is Cc1nc2ccccc2c2[nH]c(=O)c(C#N)cc12. The molecule has 4 nitrogen and oxygen atoms in total. The van der Waals surface area contributed by atoms with E-state index in [0.717, 1.165) is 27.5 Å². The van der Waals surface area contributed by atoms with E-state index >= 15 is 0 Å². The van der Waals surface area contributed by atoms with Crippen molar-refractivity contribution in [2.75, 3.05) is 0 Å². The fourth-order valence-electron chi connectivity index (χ4n) is 2.13. The van der Waals surface area contributed by atoms with Crippen LogP contribution in [-0.2, 0) is 0 Å². The maximum absolute atomic E-state index is 11.7. The molecule has 0 spiro atoms. The third-order valence-corrected chi connectivity index (χ3v) is 3.01. The maximum Gasteiger partial charge on any atom is 0.266 e. The second kappa shape index (κ2) is 3.67. The summed E-state index contributed by atoms with van der Waals surface area (Å²) in [4.78, 5) is 19.0. The highest BCUT2D eigenvalue weighted by atomic mass is 16.1. The van der Waals surface area contributed by atoms with Gasteiger partial charge < -0.3 is 4.98 Å². The Morgan fingerprint density at radius 2 is 2.06 bits per heavy atom. The van der Waals surface area contributed by atoms with Crippen molar-refractivity contribution in [2.45, 2.75) is 6.92 Å². The summed E-state index contributed by atoms with van der Waals surface area (Å²) in [6.07, 6.45) is 0. The van der Waals surface area contributed by atoms with Crippen LogP contribution in [0.25, 0.3) is 21.8 Å². The first kappa shape index (κ1) is 10.5. The molecular weight excluding hydrogens is 226 g/mol. The Labute approximate surface area is 103 Å². The third kappa shape index (κ3) is 1.38. The molecule has 0 aliphatic rings. The summed E-state index contributed by atoms with van der Waals surface area (Å²) in [5.41, 5.74) is 2.13. The van der Waals surface area contributed by atoms with E-state index in [0.29, 0.717) is 0 Å². The molecule has 0 atom stereocenters. The lowest BCUT2D eigenvalue weighted by Crippen LogP contribution is -2.10. The molecule has 0 amide bonds. The Hall–Kier alpha value is -2.67. The molecular formula is C14H9N3O. The van der Waals surface area contributed by atoms with E-state index in [4.69, 9.17) is 5.26 Å². The van der Waals surface area contributed by atoms with Crippen LogP contribution in [-0.4, -0.2) is 9.97 Å². The van der Waals surface area contributed by atoms with E-state index in [1.54, 1.807) is 6.07 Å². The number of aryl methyl sites for hydroxylation is 1. The second-order valence-corrected chi connectivity index (χ2v) is 4.13. The van der Waals surface area contributed by atoms with E-state index < -0.39 is 0 Å². The summed E-state index contributed by atoms with van der Waals surface area (Å²) >= 11 is 0. The Morgan fingerprint density at radius 3 is 2.83 bits per heavy atom. The van der Waals surface area contributed by atoms with Gasteiger partial charge in [0.25, 0.3) is 5.56 Å². The Balaban J connectivity index is 2.62. The highest BCUT2D eigenvalue weighted by Crippen LogP contribution is 2.23. The van der Waals surface area contributed by atoms with Gasteiger partial charge in [-0.1, -0.05) is 18.2 Å². The average Bonchev–Trinajstić information content (AvgIpc) is 2.38. The van der Waals surface area contributed by atoms with Gasteiger partial charge >= 0.3 is 0 Å². The number of aromatic amines is 1. The van der Waals surface area contributed by atoms with Crippen LogP contribution in [0.3, 0.4) is 0 Å². The molecule has 0 bridgehead atoms. The minimum Gasteiger partial charge on any atom is -0.320 e. The molecule has 86 valence electrons. The van der Waals surface area contributed by atoms with Gasteiger partial charge in [-0.2, -0.15) is 5.26 Å². The van der Waals surface area contributed by atoms with Crippen LogP contribution in [0.5, 0.6) is 0 Å². The molecule has 3 rings (SSSR count). The van der Waals surface area contributed by atoms with Crippen LogP contribution in [0.1, 0.15) is 11.3 Å². The minimum absolute atomic E-state index is 0.114. The zero-order chi connectivity index (χ0) is 12.7. The van der Waals surface area contributed by atoms with Crippen molar-refractivity contribution in [3.8, 4) is 6.07 Å². The lowest BCUT2D eigenvalue weighted by molar-refractivity contribution is 1.24. The van der Waals surface area contributed by atoms with Gasteiger partial charge in [-0.15, -0.1) is 0 Å². The fraction of sp³-hybridized carbons (Fsp3) is 0.0714. The van der Waals surface area contributed by atoms with E-state index in [9.17, 15) is 4.79 Å². The van der Waals surface area contributed by atoms with Crippen LogP contribution >= 0.6 is 0 Å². The summed E-state index contributed by atoms with van der Waals surface area (Å²) < 4.78 is 0. The van der Waals surface area contributed by atoms with Crippen molar-refractivity contribution in [3.05, 3.63) is 51.9 Å². The average molecular weight is 235 g/mol. The van der Waals surface area contributed by atoms with Gasteiger partial charge in [-0.3, -0.25) is 9.78 Å². The van der Waals surface area contributed by atoms with Gasteiger partial charge in [-0.05, 0) is 19.1 Å². The number of hydrogen-bond acceptors (Lipinski definition) is 3. The summed E-state index contributed by atoms with van der Waals surface area (Å²) in [7, 11) is 0. The molecule has 0 radical (unpaired) electrons. The van der Waals surface area contributed by atoms with Gasteiger partial charge in [-0.25, -0.2) is 0 Å². The number of pyridine rings is 2. The molecule has 0 aliphatic heterocycles. The number of fused-ring (bicyclic) bond motifs is 3. The van der Waals surface area contributed by atoms with Crippen molar-refractivity contribution in [3.63, 3.8) is 0 Å². The van der Waals surface area contributed by atoms with E-state index in [2.05, 4.69) is 9.97 Å². The number of H-pyrrole nitrogens is 1. The molecule has 18 heavy (non-hydrogen) atoms. The lowest BCUT2D eigenvalue weighted by Gasteiger charge is -2.06. The molecule has 1 N–H and O–H groups in total. The van der Waals surface area contributed by atoms with Crippen molar-refractivity contribution in [1.82, 2.24) is 9.97 Å². The molecule has 4 heteroatoms. The predicted octanol–water partition coefficient (Wildman–Crippen LogP) is 2.26. The van der Waals surface area contributed by atoms with E-state index in [1.165, 1.54) is 0 Å². The maximum atomic E-state index is 11.7. The van der Waals surface area contributed by atoms with Gasteiger partial charge in [0.1, 0.15) is 11.6 Å². The number of nitrogens with one attached hydrogen (secondary N) is 1. The van der Waals surface area contributed by atoms with Crippen LogP contribution < -0.4 is 5.56 Å². The van der Waals surface area contributed by atoms with Crippen LogP contribution in [0.15, 0.2) is 35.1 Å². The van der Waals surface area contributed by atoms with Crippen molar-refractivity contribution < 1.29 is 0 Å². The van der Waals surface area contributed by atoms with Crippen LogP contribution in [0.2, 0.25) is 0 Å². The molecule has 0 aliphatic carbocycles. The third-order valence-electron chi connectivity index (χ3n) is 3.01. The smallest absolute Gasteiger partial charge is 0.266 e. The largest absolute Gasteiger partial charge is 0.320 e. The summed E-state index contributed by atoms with van der Waals surface area (Å²) in [5.74, 6) is 0. The van der Waals surface area contributed by atoms with E-state index in [1.807, 2.05) is 37.3 Å². The first-order chi connectivity index (χ1) is 8.70. The summed E-state index contributed by atoms with van der Waals surface area (Å²) in [5, 5.41) is 10.6. The van der Waals surface area contributed by atoms with Crippen LogP contribution in [0, 0.1) is 18.3 Å². The number of rotatable bonds is 0. The fourth-order valence-corrected chi connectivity index (χ4v) is 2.13. The van der Waals surface area contributed by atoms with Gasteiger partial charge in [0, 0.05) is 16.5 Å². The first-order valence-electron chi connectivity index (χ1n) is 5.53. The molecule has 0 saturated carbocycles. The Bertz CT molecular complexity index is 872. The number of nitriles is 1. The van der Waals surface area contributed by atoms with Gasteiger partial charge in [0.2, 0.25) is 0 Å². The Kier molecular flexibility index (Phi) is 2.14. The Morgan fingerprint density at radius 1 is 1.28 bits per heavy atom. The molecule has 0 fully saturated rings. The molecule has 0 unspecified atom stereocenters. The molecule has 1 aromatic carbocycles. The topological polar surface area (TPSA) is 69.5 Å². The van der Waals surface area contributed by atoms with E-state index in [-0.39, 0.29) is 11.1 Å².